The van der Waals surface area contributed by atoms with E-state index in [9.17, 15) is 18.0 Å². The van der Waals surface area contributed by atoms with E-state index in [0.717, 1.165) is 5.56 Å². The molecular weight excluding hydrogens is 430 g/mol. The van der Waals surface area contributed by atoms with Crippen LogP contribution in [0, 0.1) is 0 Å². The second kappa shape index (κ2) is 8.57. The van der Waals surface area contributed by atoms with E-state index in [2.05, 4.69) is 0 Å². The smallest absolute Gasteiger partial charge is 0.243 e. The minimum absolute atomic E-state index is 0.0662. The second-order valence-corrected chi connectivity index (χ2v) is 9.18. The summed E-state index contributed by atoms with van der Waals surface area (Å²) in [6, 6.07) is 17.2. The van der Waals surface area contributed by atoms with E-state index in [1.165, 1.54) is 30.7 Å². The number of Topliss-reactive ketones (excluding diaryl/α,β-unsaturated/α-hetero) is 2. The number of sulfonamides is 1. The molecule has 2 aromatic rings. The number of nitrogens with zero attached hydrogens (tertiary/aromatic N) is 1. The molecule has 1 heterocycles. The first-order valence-electron chi connectivity index (χ1n) is 9.84. The Bertz CT molecular complexity index is 1270. The highest BCUT2D eigenvalue weighted by molar-refractivity contribution is 7.89. The van der Waals surface area contributed by atoms with Gasteiger partial charge in [0.05, 0.1) is 19.1 Å². The van der Waals surface area contributed by atoms with Crippen LogP contribution in [0.1, 0.15) is 5.56 Å². The molecule has 0 radical (unpaired) electrons. The van der Waals surface area contributed by atoms with Crippen molar-refractivity contribution in [3.63, 3.8) is 0 Å². The summed E-state index contributed by atoms with van der Waals surface area (Å²) in [5, 5.41) is 0. The fourth-order valence-corrected chi connectivity index (χ4v) is 5.26. The lowest BCUT2D eigenvalue weighted by molar-refractivity contribution is -0.121. The highest BCUT2D eigenvalue weighted by Crippen LogP contribution is 2.36. The molecule has 0 atom stereocenters. The van der Waals surface area contributed by atoms with Crippen LogP contribution in [0.4, 0.5) is 0 Å². The fourth-order valence-electron chi connectivity index (χ4n) is 3.85. The lowest BCUT2D eigenvalue weighted by Gasteiger charge is -2.33. The zero-order valence-electron chi connectivity index (χ0n) is 17.6. The SMILES string of the molecule is COC1=C(OC)C(=O)C2=C(CN(S(=O)(=O)c3ccccc3)C/C2=C\c2ccccc2)C1=O. The van der Waals surface area contributed by atoms with Gasteiger partial charge in [-0.1, -0.05) is 48.5 Å². The van der Waals surface area contributed by atoms with E-state index in [4.69, 9.17) is 9.47 Å². The zero-order valence-corrected chi connectivity index (χ0v) is 18.4. The molecule has 0 unspecified atom stereocenters. The first-order chi connectivity index (χ1) is 15.4. The predicted octanol–water partition coefficient (Wildman–Crippen LogP) is 2.73. The van der Waals surface area contributed by atoms with Crippen molar-refractivity contribution in [2.45, 2.75) is 4.90 Å². The number of ether oxygens (including phenoxy) is 2. The standard InChI is InChI=1S/C24H21NO6S/c1-30-23-21(26)19-15-25(32(28,29)18-11-7-4-8-12-18)14-17(13-16-9-5-3-6-10-16)20(19)22(27)24(23)31-2/h3-13H,14-15H2,1-2H3/b17-13+. The third kappa shape index (κ3) is 3.68. The summed E-state index contributed by atoms with van der Waals surface area (Å²) >= 11 is 0. The number of allylic oxidation sites excluding steroid dienone is 2. The molecule has 164 valence electrons. The molecule has 0 N–H and O–H groups in total. The Labute approximate surface area is 186 Å². The van der Waals surface area contributed by atoms with Gasteiger partial charge in [0.1, 0.15) is 0 Å². The topological polar surface area (TPSA) is 90.0 Å². The van der Waals surface area contributed by atoms with Crippen LogP contribution in [0.3, 0.4) is 0 Å². The van der Waals surface area contributed by atoms with Crippen LogP contribution in [-0.4, -0.2) is 51.6 Å². The summed E-state index contributed by atoms with van der Waals surface area (Å²) in [6.07, 6.45) is 1.72. The van der Waals surface area contributed by atoms with E-state index in [-0.39, 0.29) is 40.6 Å². The van der Waals surface area contributed by atoms with Gasteiger partial charge < -0.3 is 9.47 Å². The molecule has 4 rings (SSSR count). The first-order valence-corrected chi connectivity index (χ1v) is 11.3. The summed E-state index contributed by atoms with van der Waals surface area (Å²) in [4.78, 5) is 26.6. The molecule has 0 bridgehead atoms. The molecule has 0 saturated heterocycles. The van der Waals surface area contributed by atoms with Gasteiger partial charge in [-0.25, -0.2) is 8.42 Å². The van der Waals surface area contributed by atoms with Crippen molar-refractivity contribution in [1.82, 2.24) is 4.31 Å². The summed E-state index contributed by atoms with van der Waals surface area (Å²) in [6.45, 7) is -0.309. The van der Waals surface area contributed by atoms with E-state index in [0.29, 0.717) is 5.57 Å². The van der Waals surface area contributed by atoms with Crippen LogP contribution < -0.4 is 0 Å². The van der Waals surface area contributed by atoms with Crippen molar-refractivity contribution in [3.8, 4) is 0 Å². The van der Waals surface area contributed by atoms with Gasteiger partial charge in [0.2, 0.25) is 33.1 Å². The summed E-state index contributed by atoms with van der Waals surface area (Å²) in [5.41, 5.74) is 1.42. The number of rotatable bonds is 5. The van der Waals surface area contributed by atoms with Gasteiger partial charge in [-0.3, -0.25) is 9.59 Å². The number of carbonyl (C=O) groups excluding carboxylic acids is 2. The quantitative estimate of drug-likeness (QED) is 0.650. The van der Waals surface area contributed by atoms with Gasteiger partial charge in [0.15, 0.2) is 0 Å². The monoisotopic (exact) mass is 451 g/mol. The van der Waals surface area contributed by atoms with Crippen molar-refractivity contribution in [1.29, 1.82) is 0 Å². The molecular formula is C24H21NO6S. The van der Waals surface area contributed by atoms with Crippen LogP contribution >= 0.6 is 0 Å². The molecule has 1 aliphatic heterocycles. The normalized spacial score (nSPS) is 18.8. The average Bonchev–Trinajstić information content (AvgIpc) is 2.82. The fraction of sp³-hybridized carbons (Fsp3) is 0.167. The molecule has 7 nitrogen and oxygen atoms in total. The Hall–Kier alpha value is -3.49. The number of ketones is 2. The third-order valence-corrected chi connectivity index (χ3v) is 7.16. The Morgan fingerprint density at radius 3 is 1.97 bits per heavy atom. The molecule has 8 heteroatoms. The van der Waals surface area contributed by atoms with Gasteiger partial charge >= 0.3 is 0 Å². The van der Waals surface area contributed by atoms with Gasteiger partial charge in [0.25, 0.3) is 0 Å². The molecule has 0 aromatic heterocycles. The summed E-state index contributed by atoms with van der Waals surface area (Å²) in [7, 11) is -1.35. The van der Waals surface area contributed by atoms with Crippen molar-refractivity contribution in [2.24, 2.45) is 0 Å². The van der Waals surface area contributed by atoms with Crippen LogP contribution in [0.2, 0.25) is 0 Å². The number of methoxy groups -OCH3 is 2. The zero-order chi connectivity index (χ0) is 22.9. The van der Waals surface area contributed by atoms with E-state index in [1.54, 1.807) is 24.3 Å². The molecule has 0 fully saturated rings. The molecule has 0 spiro atoms. The lowest BCUT2D eigenvalue weighted by Crippen LogP contribution is -2.43. The predicted molar refractivity (Wildman–Crippen MR) is 118 cm³/mol. The number of carbonyl (C=O) groups is 2. The molecule has 0 saturated carbocycles. The number of hydrogen-bond donors (Lipinski definition) is 0. The van der Waals surface area contributed by atoms with E-state index < -0.39 is 21.6 Å². The van der Waals surface area contributed by atoms with Crippen molar-refractivity contribution in [2.75, 3.05) is 27.3 Å². The summed E-state index contributed by atoms with van der Waals surface area (Å²) < 4.78 is 38.2. The van der Waals surface area contributed by atoms with E-state index in [1.807, 2.05) is 30.3 Å². The van der Waals surface area contributed by atoms with Gasteiger partial charge in [-0.15, -0.1) is 0 Å². The van der Waals surface area contributed by atoms with Gasteiger partial charge in [0, 0.05) is 24.2 Å². The average molecular weight is 452 g/mol. The van der Waals surface area contributed by atoms with Crippen molar-refractivity contribution < 1.29 is 27.5 Å². The van der Waals surface area contributed by atoms with Crippen molar-refractivity contribution >= 4 is 27.7 Å². The largest absolute Gasteiger partial charge is 0.489 e. The molecule has 2 aromatic carbocycles. The Balaban J connectivity index is 1.88. The minimum atomic E-state index is -3.92. The van der Waals surface area contributed by atoms with E-state index >= 15 is 0 Å². The minimum Gasteiger partial charge on any atom is -0.489 e. The van der Waals surface area contributed by atoms with Crippen LogP contribution in [-0.2, 0) is 29.1 Å². The maximum Gasteiger partial charge on any atom is 0.243 e. The second-order valence-electron chi connectivity index (χ2n) is 7.24. The molecule has 1 aliphatic carbocycles. The molecule has 0 amide bonds. The lowest BCUT2D eigenvalue weighted by atomic mass is 9.84. The van der Waals surface area contributed by atoms with Crippen LogP contribution in [0.15, 0.2) is 93.8 Å². The highest BCUT2D eigenvalue weighted by Gasteiger charge is 2.43. The van der Waals surface area contributed by atoms with Gasteiger partial charge in [-0.05, 0) is 29.3 Å². The maximum absolute atomic E-state index is 13.3. The highest BCUT2D eigenvalue weighted by atomic mass is 32.2. The Morgan fingerprint density at radius 2 is 1.38 bits per heavy atom. The Kier molecular flexibility index (Phi) is 5.82. The first kappa shape index (κ1) is 21.7. The van der Waals surface area contributed by atoms with Crippen molar-refractivity contribution in [3.05, 3.63) is 94.5 Å². The summed E-state index contributed by atoms with van der Waals surface area (Å²) in [5.74, 6) is -1.48. The number of hydrogen-bond acceptors (Lipinski definition) is 6. The van der Waals surface area contributed by atoms with Crippen LogP contribution in [0.5, 0.6) is 0 Å². The maximum atomic E-state index is 13.3. The number of benzene rings is 2. The molecule has 32 heavy (non-hydrogen) atoms. The van der Waals surface area contributed by atoms with Gasteiger partial charge in [-0.2, -0.15) is 4.31 Å². The molecule has 2 aliphatic rings. The third-order valence-electron chi connectivity index (χ3n) is 5.35. The Morgan fingerprint density at radius 1 is 0.812 bits per heavy atom. The van der Waals surface area contributed by atoms with Crippen LogP contribution in [0.25, 0.3) is 6.08 Å².